The summed E-state index contributed by atoms with van der Waals surface area (Å²) in [5.74, 6) is -0.292. The van der Waals surface area contributed by atoms with E-state index >= 15 is 0 Å². The van der Waals surface area contributed by atoms with Crippen molar-refractivity contribution in [3.8, 4) is 11.1 Å². The van der Waals surface area contributed by atoms with Gasteiger partial charge in [0.05, 0.1) is 11.1 Å². The molecule has 39 heavy (non-hydrogen) atoms. The number of ether oxygens (including phenoxy) is 1. The number of pyridine rings is 1. The molecular weight excluding hydrogens is 480 g/mol. The Morgan fingerprint density at radius 2 is 1.51 bits per heavy atom. The van der Waals surface area contributed by atoms with Gasteiger partial charge in [0.15, 0.2) is 5.60 Å². The molecule has 4 nitrogen and oxygen atoms in total. The van der Waals surface area contributed by atoms with Crippen molar-refractivity contribution in [3.05, 3.63) is 131 Å². The molecule has 5 aromatic rings. The van der Waals surface area contributed by atoms with Gasteiger partial charge in [-0.1, -0.05) is 73.7 Å². The molecule has 0 fully saturated rings. The molecule has 3 heterocycles. The van der Waals surface area contributed by atoms with E-state index in [0.717, 1.165) is 64.2 Å². The van der Waals surface area contributed by atoms with Gasteiger partial charge >= 0.3 is 5.97 Å². The van der Waals surface area contributed by atoms with E-state index in [1.807, 2.05) is 30.3 Å². The predicted molar refractivity (Wildman–Crippen MR) is 159 cm³/mol. The highest BCUT2D eigenvalue weighted by atomic mass is 16.6. The molecule has 1 aliphatic rings. The maximum atomic E-state index is 13.5. The summed E-state index contributed by atoms with van der Waals surface area (Å²) < 4.78 is 8.89. The third kappa shape index (κ3) is 3.77. The second kappa shape index (κ2) is 9.77. The Bertz CT molecular complexity index is 1660. The number of aromatic nitrogens is 1. The summed E-state index contributed by atoms with van der Waals surface area (Å²) in [4.78, 5) is 15.9. The van der Waals surface area contributed by atoms with Gasteiger partial charge in [-0.25, -0.2) is 4.79 Å². The first kappa shape index (κ1) is 25.0. The number of cyclic esters (lactones) is 1. The first-order valence-electron chi connectivity index (χ1n) is 13.9. The topological polar surface area (TPSA) is 34.0 Å². The van der Waals surface area contributed by atoms with E-state index in [4.69, 9.17) is 4.74 Å². The van der Waals surface area contributed by atoms with Gasteiger partial charge < -0.3 is 14.0 Å². The van der Waals surface area contributed by atoms with Crippen molar-refractivity contribution >= 4 is 17.2 Å². The molecule has 1 aliphatic heterocycles. The van der Waals surface area contributed by atoms with Crippen LogP contribution in [0.3, 0.4) is 0 Å². The van der Waals surface area contributed by atoms with Gasteiger partial charge in [-0.05, 0) is 62.6 Å². The summed E-state index contributed by atoms with van der Waals surface area (Å²) in [6.07, 6.45) is 3.17. The molecule has 1 unspecified atom stereocenters. The Kier molecular flexibility index (Phi) is 6.26. The zero-order valence-electron chi connectivity index (χ0n) is 23.1. The van der Waals surface area contributed by atoms with Gasteiger partial charge in [-0.3, -0.25) is 0 Å². The number of hydrogen-bond donors (Lipinski definition) is 0. The first-order chi connectivity index (χ1) is 19.0. The third-order valence-electron chi connectivity index (χ3n) is 8.24. The molecule has 1 atom stereocenters. The van der Waals surface area contributed by atoms with E-state index in [2.05, 4.69) is 104 Å². The van der Waals surface area contributed by atoms with E-state index in [1.54, 1.807) is 0 Å². The van der Waals surface area contributed by atoms with E-state index in [1.165, 1.54) is 5.56 Å². The van der Waals surface area contributed by atoms with Crippen molar-refractivity contribution in [2.45, 2.75) is 39.7 Å². The van der Waals surface area contributed by atoms with Gasteiger partial charge in [0, 0.05) is 52.9 Å². The van der Waals surface area contributed by atoms with E-state index in [0.29, 0.717) is 5.56 Å². The molecule has 0 saturated carbocycles. The normalized spacial score (nSPS) is 16.4. The van der Waals surface area contributed by atoms with Crippen LogP contribution in [0, 0.1) is 6.92 Å². The molecule has 0 saturated heterocycles. The lowest BCUT2D eigenvalue weighted by Crippen LogP contribution is -2.30. The number of nitrogens with zero attached hydrogens (tertiary/aromatic N) is 2. The van der Waals surface area contributed by atoms with Crippen LogP contribution in [0.4, 0.5) is 5.69 Å². The quantitative estimate of drug-likeness (QED) is 0.208. The Labute approximate surface area is 230 Å². The largest absolute Gasteiger partial charge is 0.440 e. The third-order valence-corrected chi connectivity index (χ3v) is 8.24. The number of esters is 1. The number of hydrogen-bond acceptors (Lipinski definition) is 3. The van der Waals surface area contributed by atoms with Crippen LogP contribution in [0.15, 0.2) is 97.2 Å². The van der Waals surface area contributed by atoms with Gasteiger partial charge in [0.2, 0.25) is 0 Å². The van der Waals surface area contributed by atoms with Crippen LogP contribution >= 0.6 is 0 Å². The molecule has 3 aromatic carbocycles. The van der Waals surface area contributed by atoms with Crippen molar-refractivity contribution in [2.75, 3.05) is 18.0 Å². The standard InChI is InChI=1S/C35H34N2O2/c1-5-25-17-22-31-33(32(24(4)37(31)23-25)26-13-9-8-10-14-26)35(30-16-12-11-15-29(30)34(38)39-35)27-18-20-28(21-19-27)36(6-2)7-3/h8-23H,5-7H2,1-4H3. The summed E-state index contributed by atoms with van der Waals surface area (Å²) in [6.45, 7) is 10.5. The Morgan fingerprint density at radius 3 is 2.21 bits per heavy atom. The molecule has 0 N–H and O–H groups in total. The van der Waals surface area contributed by atoms with E-state index < -0.39 is 5.60 Å². The molecule has 0 spiro atoms. The number of anilines is 1. The van der Waals surface area contributed by atoms with Gasteiger partial charge in [-0.15, -0.1) is 0 Å². The Balaban J connectivity index is 1.73. The number of benzene rings is 3. The summed E-state index contributed by atoms with van der Waals surface area (Å²) in [5, 5.41) is 0. The lowest BCUT2D eigenvalue weighted by molar-refractivity contribution is 0.0257. The average Bonchev–Trinajstić information content (AvgIpc) is 3.45. The van der Waals surface area contributed by atoms with Crippen LogP contribution in [-0.2, 0) is 16.8 Å². The van der Waals surface area contributed by atoms with Crippen LogP contribution < -0.4 is 4.90 Å². The highest BCUT2D eigenvalue weighted by Crippen LogP contribution is 2.52. The van der Waals surface area contributed by atoms with Gasteiger partial charge in [0.25, 0.3) is 0 Å². The maximum absolute atomic E-state index is 13.5. The minimum absolute atomic E-state index is 0.292. The Hall–Kier alpha value is -4.31. The van der Waals surface area contributed by atoms with Crippen LogP contribution in [0.2, 0.25) is 0 Å². The number of rotatable bonds is 7. The molecule has 2 aromatic heterocycles. The number of fused-ring (bicyclic) bond motifs is 2. The van der Waals surface area contributed by atoms with Crippen LogP contribution in [0.5, 0.6) is 0 Å². The molecule has 0 radical (unpaired) electrons. The lowest BCUT2D eigenvalue weighted by atomic mass is 9.77. The van der Waals surface area contributed by atoms with Crippen molar-refractivity contribution in [1.82, 2.24) is 4.40 Å². The number of carbonyl (C=O) groups is 1. The van der Waals surface area contributed by atoms with Crippen LogP contribution in [0.1, 0.15) is 59.1 Å². The van der Waals surface area contributed by atoms with Crippen molar-refractivity contribution < 1.29 is 9.53 Å². The molecule has 0 bridgehead atoms. The van der Waals surface area contributed by atoms with Gasteiger partial charge in [0.1, 0.15) is 0 Å². The maximum Gasteiger partial charge on any atom is 0.340 e. The van der Waals surface area contributed by atoms with Crippen molar-refractivity contribution in [3.63, 3.8) is 0 Å². The number of aryl methyl sites for hydroxylation is 2. The second-order valence-corrected chi connectivity index (χ2v) is 10.2. The van der Waals surface area contributed by atoms with E-state index in [-0.39, 0.29) is 5.97 Å². The lowest BCUT2D eigenvalue weighted by Gasteiger charge is -2.32. The summed E-state index contributed by atoms with van der Waals surface area (Å²) in [7, 11) is 0. The van der Waals surface area contributed by atoms with Crippen molar-refractivity contribution in [1.29, 1.82) is 0 Å². The fraction of sp³-hybridized carbons (Fsp3) is 0.229. The second-order valence-electron chi connectivity index (χ2n) is 10.2. The monoisotopic (exact) mass is 514 g/mol. The van der Waals surface area contributed by atoms with Crippen LogP contribution in [-0.4, -0.2) is 23.5 Å². The van der Waals surface area contributed by atoms with Crippen LogP contribution in [0.25, 0.3) is 16.6 Å². The fourth-order valence-electron chi connectivity index (χ4n) is 6.24. The fourth-order valence-corrected chi connectivity index (χ4v) is 6.24. The smallest absolute Gasteiger partial charge is 0.340 e. The Morgan fingerprint density at radius 1 is 0.821 bits per heavy atom. The van der Waals surface area contributed by atoms with Crippen molar-refractivity contribution in [2.24, 2.45) is 0 Å². The molecular formula is C35H34N2O2. The SMILES string of the molecule is CCc1ccc2c(C3(c4ccc(N(CC)CC)cc4)OC(=O)c4ccccc43)c(-c3ccccc3)c(C)n2c1. The van der Waals surface area contributed by atoms with E-state index in [9.17, 15) is 4.79 Å². The zero-order chi connectivity index (χ0) is 27.1. The first-order valence-corrected chi connectivity index (χ1v) is 13.9. The molecule has 4 heteroatoms. The summed E-state index contributed by atoms with van der Waals surface area (Å²) in [6, 6.07) is 31.3. The minimum atomic E-state index is -1.09. The highest BCUT2D eigenvalue weighted by Gasteiger charge is 2.51. The highest BCUT2D eigenvalue weighted by molar-refractivity contribution is 5.98. The zero-order valence-corrected chi connectivity index (χ0v) is 23.1. The molecule has 196 valence electrons. The minimum Gasteiger partial charge on any atom is -0.440 e. The predicted octanol–water partition coefficient (Wildman–Crippen LogP) is 7.79. The van der Waals surface area contributed by atoms with Gasteiger partial charge in [-0.2, -0.15) is 0 Å². The molecule has 0 aliphatic carbocycles. The molecule has 0 amide bonds. The molecule has 6 rings (SSSR count). The number of carbonyl (C=O) groups excluding carboxylic acids is 1. The summed E-state index contributed by atoms with van der Waals surface area (Å²) in [5.41, 5.74) is 9.14. The summed E-state index contributed by atoms with van der Waals surface area (Å²) >= 11 is 0. The average molecular weight is 515 g/mol.